The topological polar surface area (TPSA) is 175 Å². The van der Waals surface area contributed by atoms with Crippen LogP contribution in [0.5, 0.6) is 0 Å². The minimum Gasteiger partial charge on any atom is -0.452 e. The average Bonchev–Trinajstić information content (AvgIpc) is 3.88. The molecular weight excluding hydrogens is 957 g/mol. The van der Waals surface area contributed by atoms with Gasteiger partial charge in [0.2, 0.25) is 0 Å². The van der Waals surface area contributed by atoms with Crippen LogP contribution >= 0.6 is 0 Å². The van der Waals surface area contributed by atoms with Crippen molar-refractivity contribution < 1.29 is 67.2 Å². The number of benzene rings is 3. The van der Waals surface area contributed by atoms with Crippen molar-refractivity contribution >= 4 is 17.9 Å². The van der Waals surface area contributed by atoms with E-state index in [-0.39, 0.29) is 39.7 Å². The normalized spacial score (nSPS) is 43.0. The Morgan fingerprint density at radius 1 is 0.680 bits per heavy atom. The molecule has 21 atom stereocenters. The summed E-state index contributed by atoms with van der Waals surface area (Å²) in [5.41, 5.74) is 2.30. The lowest BCUT2D eigenvalue weighted by molar-refractivity contribution is -0.361. The highest BCUT2D eigenvalue weighted by Gasteiger charge is 2.69. The van der Waals surface area contributed by atoms with Gasteiger partial charge in [-0.25, -0.2) is 14.4 Å². The van der Waals surface area contributed by atoms with Gasteiger partial charge in [0.15, 0.2) is 36.7 Å². The van der Waals surface area contributed by atoms with Gasteiger partial charge in [0, 0.05) is 18.3 Å². The van der Waals surface area contributed by atoms with E-state index in [1.807, 2.05) is 0 Å². The maximum absolute atomic E-state index is 14.1. The second-order valence-electron chi connectivity index (χ2n) is 23.9. The monoisotopic (exact) mass is 1030 g/mol. The number of allylic oxidation sites excluding steroid dienone is 1. The van der Waals surface area contributed by atoms with E-state index in [9.17, 15) is 24.6 Å². The fourth-order valence-corrected chi connectivity index (χ4v) is 15.5. The lowest BCUT2D eigenvalue weighted by Crippen LogP contribution is -2.64. The Hall–Kier alpha value is -4.51. The quantitative estimate of drug-likeness (QED) is 0.106. The summed E-state index contributed by atoms with van der Waals surface area (Å²) in [4.78, 5) is 41.9. The Labute approximate surface area is 441 Å². The Morgan fingerprint density at radius 3 is 1.88 bits per heavy atom. The summed E-state index contributed by atoms with van der Waals surface area (Å²) in [6.07, 6.45) is 0.437. The van der Waals surface area contributed by atoms with E-state index in [1.54, 1.807) is 105 Å². The molecule has 4 saturated heterocycles. The van der Waals surface area contributed by atoms with Crippen LogP contribution in [0.2, 0.25) is 0 Å². The molecule has 4 aliphatic heterocycles. The van der Waals surface area contributed by atoms with Gasteiger partial charge < -0.3 is 52.8 Å². The maximum atomic E-state index is 14.1. The van der Waals surface area contributed by atoms with Crippen LogP contribution in [0.4, 0.5) is 0 Å². The van der Waals surface area contributed by atoms with E-state index in [1.165, 1.54) is 18.4 Å². The predicted octanol–water partition coefficient (Wildman–Crippen LogP) is 9.26. The Morgan fingerprint density at radius 2 is 1.28 bits per heavy atom. The van der Waals surface area contributed by atoms with Crippen LogP contribution < -0.4 is 0 Å². The van der Waals surface area contributed by atoms with Crippen LogP contribution in [0.25, 0.3) is 0 Å². The van der Waals surface area contributed by atoms with Gasteiger partial charge in [0.1, 0.15) is 12.2 Å². The minimum atomic E-state index is -1.52. The molecule has 4 heterocycles. The highest BCUT2D eigenvalue weighted by Crippen LogP contribution is 2.71. The van der Waals surface area contributed by atoms with Crippen LogP contribution in [0.3, 0.4) is 0 Å². The highest BCUT2D eigenvalue weighted by atomic mass is 16.8. The Kier molecular flexibility index (Phi) is 14.7. The summed E-state index contributed by atoms with van der Waals surface area (Å²) >= 11 is 0. The number of aliphatic hydroxyl groups is 2. The number of carbonyl (C=O) groups excluding carboxylic acids is 3. The van der Waals surface area contributed by atoms with Crippen molar-refractivity contribution in [3.63, 3.8) is 0 Å². The van der Waals surface area contributed by atoms with Gasteiger partial charge in [-0.3, -0.25) is 0 Å². The molecule has 3 aromatic carbocycles. The molecule has 2 N–H and O–H groups in total. The molecule has 14 heteroatoms. The van der Waals surface area contributed by atoms with Gasteiger partial charge in [-0.05, 0) is 135 Å². The van der Waals surface area contributed by atoms with Gasteiger partial charge in [-0.1, -0.05) is 101 Å². The molecule has 0 aromatic heterocycles. The van der Waals surface area contributed by atoms with Gasteiger partial charge in [-0.2, -0.15) is 0 Å². The molecule has 3 aromatic rings. The second kappa shape index (κ2) is 21.0. The van der Waals surface area contributed by atoms with Crippen LogP contribution in [0.15, 0.2) is 103 Å². The van der Waals surface area contributed by atoms with E-state index >= 15 is 0 Å². The zero-order valence-electron chi connectivity index (χ0n) is 44.2. The lowest BCUT2D eigenvalue weighted by atomic mass is 9.47. The SMILES string of the molecule is CC1O[C@@H](O[C@H]2C(C)[C@H](O)C(CO)O[C@H]2O[C@H]2CC[C@@]3(C)C(=CC[C@H]4[C@@H]5C[C@@H]6O[C@]7(CC[C@@H](C)CO7)[C@@H](C)[C@@H]6[C@@]5(C)CC[C@@H]43)C2)[C@@H](OC(=O)c2ccccc2)C(OC(=O)c2ccccc2)[C@H]1OC(=O)c1ccccc1. The smallest absolute Gasteiger partial charge is 0.338 e. The first-order valence-corrected chi connectivity index (χ1v) is 27.8. The van der Waals surface area contributed by atoms with Gasteiger partial charge in [0.25, 0.3) is 0 Å². The standard InChI is InChI=1S/C61H76O14/c1-34-24-29-61(67-33-34)36(3)48-46(75-61)31-45-43-23-22-41-30-42(25-27-59(41,5)44(43)26-28-60(45,48)6)69-57-50(35(2)49(63)47(32-62)70-57)74-58-53(73-56(66)40-20-14-9-15-21-40)52(72-55(65)39-18-12-8-13-19-39)51(37(4)68-58)71-54(64)38-16-10-7-11-17-38/h7-22,34-37,42-53,57-58,62-63H,23-33H2,1-6H3/t34-,35?,36+,37?,42+,43-,44+,45+,46+,47?,48+,49+,50+,51+,52?,53+,57-,58+,59+,60+,61-/m1/s1. The number of rotatable bonds is 11. The summed E-state index contributed by atoms with van der Waals surface area (Å²) in [5, 5.41) is 22.2. The first kappa shape index (κ1) is 52.5. The molecule has 11 rings (SSSR count). The molecule has 8 aliphatic rings. The molecule has 75 heavy (non-hydrogen) atoms. The number of carbonyl (C=O) groups is 3. The zero-order chi connectivity index (χ0) is 52.4. The van der Waals surface area contributed by atoms with Crippen molar-refractivity contribution in [2.45, 2.75) is 173 Å². The van der Waals surface area contributed by atoms with Crippen LogP contribution in [0.1, 0.15) is 130 Å². The molecule has 404 valence electrons. The number of esters is 3. The van der Waals surface area contributed by atoms with Crippen molar-refractivity contribution in [3.8, 4) is 0 Å². The summed E-state index contributed by atoms with van der Waals surface area (Å²) in [7, 11) is 0. The van der Waals surface area contributed by atoms with Gasteiger partial charge in [0.05, 0.1) is 54.3 Å². The number of fused-ring (bicyclic) bond motifs is 7. The van der Waals surface area contributed by atoms with Crippen LogP contribution in [0, 0.1) is 52.3 Å². The number of aliphatic hydroxyl groups excluding tert-OH is 2. The molecule has 1 spiro atoms. The fourth-order valence-electron chi connectivity index (χ4n) is 15.5. The maximum Gasteiger partial charge on any atom is 0.338 e. The number of hydrogen-bond acceptors (Lipinski definition) is 14. The van der Waals surface area contributed by atoms with E-state index in [2.05, 4.69) is 33.8 Å². The molecule has 0 bridgehead atoms. The number of ether oxygens (including phenoxy) is 9. The average molecular weight is 1030 g/mol. The first-order valence-electron chi connectivity index (χ1n) is 27.8. The summed E-state index contributed by atoms with van der Waals surface area (Å²) in [6, 6.07) is 25.1. The minimum absolute atomic E-state index is 0.00714. The summed E-state index contributed by atoms with van der Waals surface area (Å²) in [6.45, 7) is 13.5. The second-order valence-corrected chi connectivity index (χ2v) is 23.9. The van der Waals surface area contributed by atoms with E-state index in [0.29, 0.717) is 41.9 Å². The molecule has 7 fully saturated rings. The highest BCUT2D eigenvalue weighted by molar-refractivity contribution is 5.91. The Balaban J connectivity index is 0.847. The molecule has 4 unspecified atom stereocenters. The molecule has 4 aliphatic carbocycles. The van der Waals surface area contributed by atoms with Crippen LogP contribution in [-0.4, -0.2) is 115 Å². The Bertz CT molecular complexity index is 2530. The van der Waals surface area contributed by atoms with Gasteiger partial charge >= 0.3 is 17.9 Å². The zero-order valence-corrected chi connectivity index (χ0v) is 44.2. The van der Waals surface area contributed by atoms with Crippen molar-refractivity contribution in [1.82, 2.24) is 0 Å². The first-order chi connectivity index (χ1) is 36.1. The lowest BCUT2D eigenvalue weighted by Gasteiger charge is -2.58. The molecule has 0 radical (unpaired) electrons. The summed E-state index contributed by atoms with van der Waals surface area (Å²) in [5.74, 6) is -0.229. The molecule has 0 amide bonds. The third kappa shape index (κ3) is 9.61. The van der Waals surface area contributed by atoms with E-state index in [4.69, 9.17) is 42.6 Å². The van der Waals surface area contributed by atoms with Crippen molar-refractivity contribution in [2.75, 3.05) is 13.2 Å². The van der Waals surface area contributed by atoms with Gasteiger partial charge in [-0.15, -0.1) is 0 Å². The molecular formula is C61H76O14. The van der Waals surface area contributed by atoms with Crippen molar-refractivity contribution in [1.29, 1.82) is 0 Å². The van der Waals surface area contributed by atoms with E-state index < -0.39 is 91.5 Å². The third-order valence-electron chi connectivity index (χ3n) is 19.6. The predicted molar refractivity (Wildman–Crippen MR) is 274 cm³/mol. The third-order valence-corrected chi connectivity index (χ3v) is 19.6. The molecule has 14 nitrogen and oxygen atoms in total. The molecule has 3 saturated carbocycles. The van der Waals surface area contributed by atoms with Crippen molar-refractivity contribution in [3.05, 3.63) is 119 Å². The van der Waals surface area contributed by atoms with E-state index in [0.717, 1.165) is 45.1 Å². The van der Waals surface area contributed by atoms with Crippen LogP contribution in [-0.2, 0) is 42.6 Å². The summed E-state index contributed by atoms with van der Waals surface area (Å²) < 4.78 is 59.3. The van der Waals surface area contributed by atoms with Crippen molar-refractivity contribution in [2.24, 2.45) is 52.3 Å². The fraction of sp³-hybridized carbons (Fsp3) is 0.623. The number of hydrogen-bond donors (Lipinski definition) is 2. The largest absolute Gasteiger partial charge is 0.452 e.